The van der Waals surface area contributed by atoms with Crippen LogP contribution in [-0.4, -0.2) is 46.2 Å². The maximum Gasteiger partial charge on any atom is 0.258 e. The standard InChI is InChI=1S/C20H21Cl2N3O6/c1-10(26)17(24-25-18-14(29-3)8-11(21)9-15(18)30-4)20(27)23-12-6-7-13(28-2)16(22)19(12)31-5/h6-9,17H,1-5H3,(H,23,27). The summed E-state index contributed by atoms with van der Waals surface area (Å²) in [6.07, 6.45) is 0. The lowest BCUT2D eigenvalue weighted by molar-refractivity contribution is -0.126. The summed E-state index contributed by atoms with van der Waals surface area (Å²) >= 11 is 12.2. The Morgan fingerprint density at radius 3 is 2.00 bits per heavy atom. The minimum absolute atomic E-state index is 0.166. The molecule has 0 aliphatic rings. The van der Waals surface area contributed by atoms with Crippen LogP contribution in [0.5, 0.6) is 23.0 Å². The first-order chi connectivity index (χ1) is 14.8. The van der Waals surface area contributed by atoms with E-state index < -0.39 is 17.7 Å². The van der Waals surface area contributed by atoms with Gasteiger partial charge in [-0.3, -0.25) is 9.59 Å². The maximum atomic E-state index is 12.8. The first-order valence-electron chi connectivity index (χ1n) is 8.81. The molecule has 1 amide bonds. The van der Waals surface area contributed by atoms with Crippen molar-refractivity contribution >= 4 is 46.3 Å². The van der Waals surface area contributed by atoms with Crippen LogP contribution >= 0.6 is 23.2 Å². The molecule has 31 heavy (non-hydrogen) atoms. The zero-order chi connectivity index (χ0) is 23.1. The molecule has 0 aliphatic carbocycles. The van der Waals surface area contributed by atoms with E-state index in [1.54, 1.807) is 6.07 Å². The van der Waals surface area contributed by atoms with E-state index >= 15 is 0 Å². The van der Waals surface area contributed by atoms with Crippen LogP contribution in [0.3, 0.4) is 0 Å². The van der Waals surface area contributed by atoms with Gasteiger partial charge in [0.05, 0.1) is 34.1 Å². The first kappa shape index (κ1) is 24.2. The molecule has 1 unspecified atom stereocenters. The van der Waals surface area contributed by atoms with Gasteiger partial charge in [-0.05, 0) is 19.1 Å². The highest BCUT2D eigenvalue weighted by molar-refractivity contribution is 6.34. The number of hydrogen-bond acceptors (Lipinski definition) is 8. The third kappa shape index (κ3) is 5.56. The van der Waals surface area contributed by atoms with Crippen LogP contribution in [0, 0.1) is 0 Å². The molecule has 0 bridgehead atoms. The second-order valence-electron chi connectivity index (χ2n) is 6.04. The van der Waals surface area contributed by atoms with Crippen LogP contribution in [0.2, 0.25) is 10.0 Å². The first-order valence-corrected chi connectivity index (χ1v) is 9.57. The third-order valence-electron chi connectivity index (χ3n) is 4.09. The molecule has 1 N–H and O–H groups in total. The molecule has 11 heteroatoms. The fourth-order valence-corrected chi connectivity index (χ4v) is 3.11. The molecular weight excluding hydrogens is 449 g/mol. The summed E-state index contributed by atoms with van der Waals surface area (Å²) in [5.41, 5.74) is 0.417. The zero-order valence-corrected chi connectivity index (χ0v) is 19.0. The number of anilines is 1. The highest BCUT2D eigenvalue weighted by Gasteiger charge is 2.26. The Morgan fingerprint density at radius 2 is 1.52 bits per heavy atom. The van der Waals surface area contributed by atoms with Crippen molar-refractivity contribution in [2.24, 2.45) is 10.2 Å². The summed E-state index contributed by atoms with van der Waals surface area (Å²) in [5.74, 6) is -0.205. The second kappa shape index (κ2) is 10.8. The number of benzene rings is 2. The number of nitrogens with one attached hydrogen (secondary N) is 1. The average Bonchev–Trinajstić information content (AvgIpc) is 2.74. The topological polar surface area (TPSA) is 108 Å². The van der Waals surface area contributed by atoms with Gasteiger partial charge in [-0.1, -0.05) is 23.2 Å². The Labute approximate surface area is 189 Å². The number of ether oxygens (including phenoxy) is 4. The highest BCUT2D eigenvalue weighted by Crippen LogP contribution is 2.41. The maximum absolute atomic E-state index is 12.8. The Morgan fingerprint density at radius 1 is 0.935 bits per heavy atom. The summed E-state index contributed by atoms with van der Waals surface area (Å²) in [7, 11) is 5.67. The number of hydrogen-bond donors (Lipinski definition) is 1. The largest absolute Gasteiger partial charge is 0.495 e. The van der Waals surface area contributed by atoms with Crippen LogP contribution in [0.4, 0.5) is 11.4 Å². The summed E-state index contributed by atoms with van der Waals surface area (Å²) < 4.78 is 20.8. The lowest BCUT2D eigenvalue weighted by Gasteiger charge is -2.15. The van der Waals surface area contributed by atoms with E-state index in [0.29, 0.717) is 10.8 Å². The molecule has 0 spiro atoms. The summed E-state index contributed by atoms with van der Waals surface area (Å²) in [4.78, 5) is 24.9. The van der Waals surface area contributed by atoms with Crippen molar-refractivity contribution in [3.63, 3.8) is 0 Å². The van der Waals surface area contributed by atoms with Crippen LogP contribution in [-0.2, 0) is 9.59 Å². The molecule has 9 nitrogen and oxygen atoms in total. The Balaban J connectivity index is 2.37. The van der Waals surface area contributed by atoms with E-state index in [2.05, 4.69) is 15.5 Å². The van der Waals surface area contributed by atoms with Crippen molar-refractivity contribution in [2.45, 2.75) is 13.0 Å². The van der Waals surface area contributed by atoms with Gasteiger partial charge in [-0.25, -0.2) is 0 Å². The van der Waals surface area contributed by atoms with Crippen LogP contribution in [0.15, 0.2) is 34.5 Å². The van der Waals surface area contributed by atoms with E-state index in [9.17, 15) is 9.59 Å². The molecule has 166 valence electrons. The molecule has 0 saturated heterocycles. The van der Waals surface area contributed by atoms with Crippen molar-refractivity contribution in [1.29, 1.82) is 0 Å². The van der Waals surface area contributed by atoms with Gasteiger partial charge in [0.25, 0.3) is 5.91 Å². The Kier molecular flexibility index (Phi) is 8.47. The monoisotopic (exact) mass is 469 g/mol. The van der Waals surface area contributed by atoms with Crippen molar-refractivity contribution in [3.8, 4) is 23.0 Å². The predicted molar refractivity (Wildman–Crippen MR) is 117 cm³/mol. The molecule has 2 rings (SSSR count). The molecule has 1 atom stereocenters. The third-order valence-corrected chi connectivity index (χ3v) is 4.67. The minimum atomic E-state index is -1.45. The zero-order valence-electron chi connectivity index (χ0n) is 17.5. The van der Waals surface area contributed by atoms with Crippen LogP contribution in [0.1, 0.15) is 6.92 Å². The number of amides is 1. The van der Waals surface area contributed by atoms with Crippen LogP contribution < -0.4 is 24.3 Å². The number of carbonyl (C=O) groups is 2. The average molecular weight is 470 g/mol. The van der Waals surface area contributed by atoms with Gasteiger partial charge in [-0.2, -0.15) is 5.11 Å². The van der Waals surface area contributed by atoms with Gasteiger partial charge in [-0.15, -0.1) is 5.11 Å². The molecular formula is C20H21Cl2N3O6. The quantitative estimate of drug-likeness (QED) is 0.420. The SMILES string of the molecule is COc1ccc(NC(=O)C(N=Nc2c(OC)cc(Cl)cc2OC)C(C)=O)c(OC)c1Cl. The fourth-order valence-electron chi connectivity index (χ4n) is 2.59. The molecule has 0 aliphatic heterocycles. The van der Waals surface area contributed by atoms with Gasteiger partial charge >= 0.3 is 0 Å². The van der Waals surface area contributed by atoms with E-state index in [1.165, 1.54) is 53.6 Å². The highest BCUT2D eigenvalue weighted by atomic mass is 35.5. The number of nitrogens with zero attached hydrogens (tertiary/aromatic N) is 2. The molecule has 0 saturated carbocycles. The summed E-state index contributed by atoms with van der Waals surface area (Å²) in [6.45, 7) is 1.22. The van der Waals surface area contributed by atoms with E-state index in [-0.39, 0.29) is 33.6 Å². The Hall–Kier alpha value is -3.04. The fraction of sp³-hybridized carbons (Fsp3) is 0.300. The van der Waals surface area contributed by atoms with E-state index in [0.717, 1.165) is 0 Å². The van der Waals surface area contributed by atoms with Crippen molar-refractivity contribution < 1.29 is 28.5 Å². The van der Waals surface area contributed by atoms with Crippen molar-refractivity contribution in [3.05, 3.63) is 34.3 Å². The lowest BCUT2D eigenvalue weighted by atomic mass is 10.2. The van der Waals surface area contributed by atoms with Gasteiger partial charge in [0.2, 0.25) is 6.04 Å². The van der Waals surface area contributed by atoms with Crippen LogP contribution in [0.25, 0.3) is 0 Å². The molecule has 0 aromatic heterocycles. The second-order valence-corrected chi connectivity index (χ2v) is 6.85. The molecule has 0 fully saturated rings. The minimum Gasteiger partial charge on any atom is -0.495 e. The van der Waals surface area contributed by atoms with Gasteiger partial charge in [0, 0.05) is 17.2 Å². The van der Waals surface area contributed by atoms with Crippen molar-refractivity contribution in [2.75, 3.05) is 33.8 Å². The lowest BCUT2D eigenvalue weighted by Crippen LogP contribution is -2.32. The number of Topliss-reactive ketones (excluding diaryl/α,β-unsaturated/α-hetero) is 1. The molecule has 2 aromatic carbocycles. The number of carbonyl (C=O) groups excluding carboxylic acids is 2. The number of azo groups is 1. The van der Waals surface area contributed by atoms with Crippen molar-refractivity contribution in [1.82, 2.24) is 0 Å². The predicted octanol–water partition coefficient (Wildman–Crippen LogP) is 4.71. The Bertz CT molecular complexity index is 988. The van der Waals surface area contributed by atoms with Gasteiger partial charge in [0.1, 0.15) is 10.8 Å². The summed E-state index contributed by atoms with van der Waals surface area (Å²) in [5, 5.41) is 11.0. The number of methoxy groups -OCH3 is 4. The van der Waals surface area contributed by atoms with Gasteiger partial charge in [0.15, 0.2) is 28.7 Å². The van der Waals surface area contributed by atoms with E-state index in [1.807, 2.05) is 0 Å². The molecule has 0 radical (unpaired) electrons. The molecule has 0 heterocycles. The van der Waals surface area contributed by atoms with Gasteiger partial charge < -0.3 is 24.3 Å². The summed E-state index contributed by atoms with van der Waals surface area (Å²) in [6, 6.07) is 4.64. The van der Waals surface area contributed by atoms with E-state index in [4.69, 9.17) is 42.1 Å². The normalized spacial score (nSPS) is 11.7. The number of halogens is 2. The smallest absolute Gasteiger partial charge is 0.258 e. The number of ketones is 1. The number of rotatable bonds is 9. The molecule has 2 aromatic rings.